The van der Waals surface area contributed by atoms with Gasteiger partial charge in [0.1, 0.15) is 11.3 Å². The second-order valence-corrected chi connectivity index (χ2v) is 5.87. The zero-order valence-electron chi connectivity index (χ0n) is 11.7. The van der Waals surface area contributed by atoms with Gasteiger partial charge in [0, 0.05) is 0 Å². The highest BCUT2D eigenvalue weighted by molar-refractivity contribution is 4.83. The summed E-state index contributed by atoms with van der Waals surface area (Å²) in [5.41, 5.74) is -2.22. The maximum Gasteiger partial charge on any atom is 0.113 e. The highest BCUT2D eigenvalue weighted by Gasteiger charge is 2.34. The lowest BCUT2D eigenvalue weighted by Gasteiger charge is -2.32. The predicted molar refractivity (Wildman–Crippen MR) is 67.2 cm³/mol. The SMILES string of the molecule is CC[C@](C)(F)CCCC(C)[C@](C)(F)C(C)C. The Morgan fingerprint density at radius 1 is 1.06 bits per heavy atom. The fraction of sp³-hybridized carbons (Fsp3) is 1.00. The van der Waals surface area contributed by atoms with E-state index >= 15 is 0 Å². The van der Waals surface area contributed by atoms with Crippen molar-refractivity contribution in [3.8, 4) is 0 Å². The molecule has 0 rings (SSSR count). The van der Waals surface area contributed by atoms with Crippen LogP contribution in [0.1, 0.15) is 67.2 Å². The van der Waals surface area contributed by atoms with Crippen molar-refractivity contribution in [2.75, 3.05) is 0 Å². The largest absolute Gasteiger partial charge is 0.244 e. The quantitative estimate of drug-likeness (QED) is 0.559. The van der Waals surface area contributed by atoms with Crippen LogP contribution >= 0.6 is 0 Å². The van der Waals surface area contributed by atoms with Gasteiger partial charge in [0.05, 0.1) is 0 Å². The molecule has 2 heteroatoms. The van der Waals surface area contributed by atoms with E-state index in [2.05, 4.69) is 0 Å². The van der Waals surface area contributed by atoms with Crippen molar-refractivity contribution < 1.29 is 8.78 Å². The fourth-order valence-electron chi connectivity index (χ4n) is 1.80. The van der Waals surface area contributed by atoms with Crippen LogP contribution in [0.25, 0.3) is 0 Å². The van der Waals surface area contributed by atoms with Crippen LogP contribution in [0.5, 0.6) is 0 Å². The minimum Gasteiger partial charge on any atom is -0.244 e. The molecule has 0 amide bonds. The summed E-state index contributed by atoms with van der Waals surface area (Å²) >= 11 is 0. The summed E-state index contributed by atoms with van der Waals surface area (Å²) in [7, 11) is 0. The van der Waals surface area contributed by atoms with E-state index in [1.807, 2.05) is 27.7 Å². The molecule has 0 aromatic rings. The molecule has 0 saturated carbocycles. The van der Waals surface area contributed by atoms with E-state index < -0.39 is 11.3 Å². The zero-order chi connectivity index (χ0) is 13.0. The first-order valence-electron chi connectivity index (χ1n) is 6.51. The van der Waals surface area contributed by atoms with Crippen molar-refractivity contribution >= 4 is 0 Å². The van der Waals surface area contributed by atoms with E-state index in [0.717, 1.165) is 12.8 Å². The molecule has 3 atom stereocenters. The summed E-state index contributed by atoms with van der Waals surface area (Å²) < 4.78 is 27.8. The summed E-state index contributed by atoms with van der Waals surface area (Å²) in [6.07, 6.45) is 2.62. The number of hydrogen-bond acceptors (Lipinski definition) is 0. The van der Waals surface area contributed by atoms with Crippen LogP contribution in [0, 0.1) is 11.8 Å². The van der Waals surface area contributed by atoms with Crippen LogP contribution < -0.4 is 0 Å². The predicted octanol–water partition coefficient (Wildman–Crippen LogP) is 5.32. The Labute approximate surface area is 99.8 Å². The number of alkyl halides is 2. The monoisotopic (exact) mass is 234 g/mol. The van der Waals surface area contributed by atoms with E-state index in [4.69, 9.17) is 0 Å². The second kappa shape index (κ2) is 5.97. The smallest absolute Gasteiger partial charge is 0.113 e. The minimum atomic E-state index is -1.14. The molecule has 0 radical (unpaired) electrons. The van der Waals surface area contributed by atoms with Crippen molar-refractivity contribution in [3.63, 3.8) is 0 Å². The molecule has 16 heavy (non-hydrogen) atoms. The molecule has 1 unspecified atom stereocenters. The highest BCUT2D eigenvalue weighted by Crippen LogP contribution is 2.34. The van der Waals surface area contributed by atoms with Gasteiger partial charge in [0.15, 0.2) is 0 Å². The molecular weight excluding hydrogens is 206 g/mol. The van der Waals surface area contributed by atoms with Crippen molar-refractivity contribution in [2.24, 2.45) is 11.8 Å². The normalized spacial score (nSPS) is 21.6. The van der Waals surface area contributed by atoms with Gasteiger partial charge in [-0.25, -0.2) is 8.78 Å². The summed E-state index contributed by atoms with van der Waals surface area (Å²) in [5.74, 6) is 0.0191. The molecule has 0 aliphatic heterocycles. The molecule has 0 fully saturated rings. The van der Waals surface area contributed by atoms with Gasteiger partial charge in [-0.2, -0.15) is 0 Å². The van der Waals surface area contributed by atoms with Gasteiger partial charge in [-0.05, 0) is 51.4 Å². The Kier molecular flexibility index (Phi) is 5.92. The summed E-state index contributed by atoms with van der Waals surface area (Å²) in [4.78, 5) is 0. The Hall–Kier alpha value is -0.140. The molecule has 0 nitrogen and oxygen atoms in total. The van der Waals surface area contributed by atoms with E-state index in [9.17, 15) is 8.78 Å². The molecule has 0 spiro atoms. The second-order valence-electron chi connectivity index (χ2n) is 5.87. The molecule has 0 aromatic heterocycles. The molecular formula is C14H28F2. The van der Waals surface area contributed by atoms with E-state index in [0.29, 0.717) is 12.8 Å². The average molecular weight is 234 g/mol. The van der Waals surface area contributed by atoms with Gasteiger partial charge < -0.3 is 0 Å². The number of halogens is 2. The topological polar surface area (TPSA) is 0 Å². The van der Waals surface area contributed by atoms with Crippen LogP contribution in [-0.4, -0.2) is 11.3 Å². The maximum atomic E-state index is 14.2. The molecule has 0 aromatic carbocycles. The van der Waals surface area contributed by atoms with Crippen LogP contribution in [-0.2, 0) is 0 Å². The van der Waals surface area contributed by atoms with E-state index in [-0.39, 0.29) is 11.8 Å². The standard InChI is InChI=1S/C14H28F2/c1-7-13(5,15)10-8-9-12(4)14(6,16)11(2)3/h11-12H,7-10H2,1-6H3/t12?,13-,14+/m0/s1. The maximum absolute atomic E-state index is 14.2. The Morgan fingerprint density at radius 3 is 1.94 bits per heavy atom. The van der Waals surface area contributed by atoms with Gasteiger partial charge >= 0.3 is 0 Å². The van der Waals surface area contributed by atoms with Crippen LogP contribution in [0.15, 0.2) is 0 Å². The first-order chi connectivity index (χ1) is 7.13. The van der Waals surface area contributed by atoms with E-state index in [1.165, 1.54) is 0 Å². The van der Waals surface area contributed by atoms with Gasteiger partial charge in [0.25, 0.3) is 0 Å². The average Bonchev–Trinajstić information content (AvgIpc) is 2.17. The third kappa shape index (κ3) is 4.80. The Morgan fingerprint density at radius 2 is 1.56 bits per heavy atom. The lowest BCUT2D eigenvalue weighted by atomic mass is 9.79. The van der Waals surface area contributed by atoms with Gasteiger partial charge in [-0.15, -0.1) is 0 Å². The number of rotatable bonds is 7. The van der Waals surface area contributed by atoms with Crippen LogP contribution in [0.3, 0.4) is 0 Å². The lowest BCUT2D eigenvalue weighted by Crippen LogP contribution is -2.33. The van der Waals surface area contributed by atoms with Crippen molar-refractivity contribution in [1.82, 2.24) is 0 Å². The Balaban J connectivity index is 4.04. The summed E-state index contributed by atoms with van der Waals surface area (Å²) in [6.45, 7) is 10.9. The van der Waals surface area contributed by atoms with Crippen molar-refractivity contribution in [1.29, 1.82) is 0 Å². The van der Waals surface area contributed by atoms with Crippen LogP contribution in [0.2, 0.25) is 0 Å². The highest BCUT2D eigenvalue weighted by atomic mass is 19.1. The summed E-state index contributed by atoms with van der Waals surface area (Å²) in [5, 5.41) is 0. The van der Waals surface area contributed by atoms with Crippen molar-refractivity contribution in [3.05, 3.63) is 0 Å². The molecule has 0 saturated heterocycles. The molecule has 0 bridgehead atoms. The van der Waals surface area contributed by atoms with Gasteiger partial charge in [-0.3, -0.25) is 0 Å². The molecule has 0 aliphatic carbocycles. The van der Waals surface area contributed by atoms with Gasteiger partial charge in [-0.1, -0.05) is 27.7 Å². The molecule has 0 N–H and O–H groups in total. The molecule has 0 aliphatic rings. The van der Waals surface area contributed by atoms with Gasteiger partial charge in [0.2, 0.25) is 0 Å². The van der Waals surface area contributed by atoms with E-state index in [1.54, 1.807) is 13.8 Å². The molecule has 0 heterocycles. The fourth-order valence-corrected chi connectivity index (χ4v) is 1.80. The third-order valence-electron chi connectivity index (χ3n) is 4.16. The minimum absolute atomic E-state index is 0.000145. The Bertz CT molecular complexity index is 195. The zero-order valence-corrected chi connectivity index (χ0v) is 11.7. The lowest BCUT2D eigenvalue weighted by molar-refractivity contribution is 0.0493. The number of hydrogen-bond donors (Lipinski definition) is 0. The van der Waals surface area contributed by atoms with Crippen molar-refractivity contribution in [2.45, 2.75) is 78.6 Å². The first-order valence-corrected chi connectivity index (χ1v) is 6.51. The van der Waals surface area contributed by atoms with Crippen LogP contribution in [0.4, 0.5) is 8.78 Å². The first kappa shape index (κ1) is 15.9. The molecule has 98 valence electrons. The summed E-state index contributed by atoms with van der Waals surface area (Å²) in [6, 6.07) is 0. The third-order valence-corrected chi connectivity index (χ3v) is 4.16.